The van der Waals surface area contributed by atoms with E-state index < -0.39 is 0 Å². The van der Waals surface area contributed by atoms with E-state index in [0.29, 0.717) is 5.02 Å². The van der Waals surface area contributed by atoms with Crippen molar-refractivity contribution in [3.05, 3.63) is 58.6 Å². The molecule has 2 rings (SSSR count). The Balaban J connectivity index is 1.82. The first-order valence-corrected chi connectivity index (χ1v) is 7.43. The molecule has 0 fully saturated rings. The van der Waals surface area contributed by atoms with E-state index in [1.165, 1.54) is 0 Å². The Morgan fingerprint density at radius 3 is 2.70 bits per heavy atom. The molecule has 0 aliphatic heterocycles. The predicted molar refractivity (Wildman–Crippen MR) is 93.4 cm³/mol. The first kappa shape index (κ1) is 16.8. The number of amides is 1. The number of nitrogens with zero attached hydrogens (tertiary/aromatic N) is 1. The van der Waals surface area contributed by atoms with Crippen LogP contribution in [0.5, 0.6) is 5.75 Å². The average Bonchev–Trinajstić information content (AvgIpc) is 2.57. The van der Waals surface area contributed by atoms with Gasteiger partial charge in [0.15, 0.2) is 0 Å². The molecule has 0 saturated heterocycles. The summed E-state index contributed by atoms with van der Waals surface area (Å²) in [5.74, 6) is 0.529. The summed E-state index contributed by atoms with van der Waals surface area (Å²) in [6.45, 7) is 2.01. The van der Waals surface area contributed by atoms with Crippen molar-refractivity contribution in [2.45, 2.75) is 6.92 Å². The van der Waals surface area contributed by atoms with E-state index >= 15 is 0 Å². The number of anilines is 1. The van der Waals surface area contributed by atoms with Crippen molar-refractivity contribution < 1.29 is 9.53 Å². The molecular formula is C17H18ClN3O2. The van der Waals surface area contributed by atoms with E-state index in [4.69, 9.17) is 16.3 Å². The van der Waals surface area contributed by atoms with E-state index in [2.05, 4.69) is 15.8 Å². The zero-order valence-corrected chi connectivity index (χ0v) is 13.7. The molecule has 120 valence electrons. The molecule has 0 spiro atoms. The molecule has 0 aliphatic carbocycles. The zero-order chi connectivity index (χ0) is 16.7. The van der Waals surface area contributed by atoms with E-state index in [-0.39, 0.29) is 12.5 Å². The predicted octanol–water partition coefficient (Wildman–Crippen LogP) is 3.22. The second-order valence-corrected chi connectivity index (χ2v) is 5.24. The number of carbonyl (C=O) groups is 1. The summed E-state index contributed by atoms with van der Waals surface area (Å²) in [4.78, 5) is 11.8. The van der Waals surface area contributed by atoms with Crippen molar-refractivity contribution in [1.82, 2.24) is 5.43 Å². The molecule has 2 N–H and O–H groups in total. The van der Waals surface area contributed by atoms with Crippen LogP contribution in [0.15, 0.2) is 47.6 Å². The lowest BCUT2D eigenvalue weighted by Crippen LogP contribution is -2.26. The van der Waals surface area contributed by atoms with Crippen molar-refractivity contribution >= 4 is 29.4 Å². The van der Waals surface area contributed by atoms with Crippen LogP contribution in [0, 0.1) is 6.92 Å². The largest absolute Gasteiger partial charge is 0.497 e. The Labute approximate surface area is 140 Å². The normalized spacial score (nSPS) is 10.6. The maximum absolute atomic E-state index is 11.8. The topological polar surface area (TPSA) is 62.7 Å². The smallest absolute Gasteiger partial charge is 0.259 e. The minimum absolute atomic E-state index is 0.112. The highest BCUT2D eigenvalue weighted by Gasteiger charge is 2.04. The molecular weight excluding hydrogens is 314 g/mol. The van der Waals surface area contributed by atoms with Gasteiger partial charge in [-0.15, -0.1) is 0 Å². The summed E-state index contributed by atoms with van der Waals surface area (Å²) >= 11 is 6.03. The molecule has 0 bridgehead atoms. The second kappa shape index (κ2) is 8.19. The van der Waals surface area contributed by atoms with Gasteiger partial charge >= 0.3 is 0 Å². The third-order valence-electron chi connectivity index (χ3n) is 3.23. The fraction of sp³-hybridized carbons (Fsp3) is 0.176. The highest BCUT2D eigenvalue weighted by atomic mass is 35.5. The molecule has 0 atom stereocenters. The molecule has 0 aromatic heterocycles. The van der Waals surface area contributed by atoms with Crippen LogP contribution >= 0.6 is 11.6 Å². The number of carbonyl (C=O) groups excluding carboxylic acids is 1. The van der Waals surface area contributed by atoms with Gasteiger partial charge in [0.25, 0.3) is 5.91 Å². The van der Waals surface area contributed by atoms with Gasteiger partial charge in [-0.05, 0) is 54.4 Å². The van der Waals surface area contributed by atoms with Crippen molar-refractivity contribution in [2.24, 2.45) is 5.10 Å². The third kappa shape index (κ3) is 5.00. The number of halogens is 1. The van der Waals surface area contributed by atoms with Gasteiger partial charge in [0.1, 0.15) is 5.75 Å². The maximum Gasteiger partial charge on any atom is 0.259 e. The first-order valence-electron chi connectivity index (χ1n) is 7.05. The van der Waals surface area contributed by atoms with Crippen LogP contribution in [0.2, 0.25) is 5.02 Å². The second-order valence-electron chi connectivity index (χ2n) is 4.83. The Kier molecular flexibility index (Phi) is 6.00. The van der Waals surface area contributed by atoms with Gasteiger partial charge in [-0.1, -0.05) is 17.7 Å². The molecule has 2 aromatic carbocycles. The molecule has 0 aliphatic rings. The Bertz CT molecular complexity index is 699. The fourth-order valence-electron chi connectivity index (χ4n) is 1.88. The molecule has 2 aromatic rings. The number of hydrazone groups is 1. The van der Waals surface area contributed by atoms with Crippen molar-refractivity contribution in [3.8, 4) is 5.75 Å². The molecule has 0 heterocycles. The lowest BCUT2D eigenvalue weighted by atomic mass is 10.2. The average molecular weight is 332 g/mol. The maximum atomic E-state index is 11.8. The standard InChI is InChI=1S/C17H18ClN3O2/c1-12-15(18)4-3-5-16(12)19-11-17(22)21-20-10-13-6-8-14(23-2)9-7-13/h3-10,19H,11H2,1-2H3,(H,21,22). The zero-order valence-electron chi connectivity index (χ0n) is 13.0. The molecule has 5 nitrogen and oxygen atoms in total. The van der Waals surface area contributed by atoms with Gasteiger partial charge in [-0.25, -0.2) is 5.43 Å². The number of benzene rings is 2. The highest BCUT2D eigenvalue weighted by molar-refractivity contribution is 6.31. The summed E-state index contributed by atoms with van der Waals surface area (Å²) in [6.07, 6.45) is 1.57. The van der Waals surface area contributed by atoms with Gasteiger partial charge in [0.05, 0.1) is 19.9 Å². The van der Waals surface area contributed by atoms with Gasteiger partial charge in [-0.3, -0.25) is 4.79 Å². The van der Waals surface area contributed by atoms with E-state index in [0.717, 1.165) is 22.6 Å². The van der Waals surface area contributed by atoms with Crippen LogP contribution in [0.3, 0.4) is 0 Å². The van der Waals surface area contributed by atoms with E-state index in [1.54, 1.807) is 19.4 Å². The highest BCUT2D eigenvalue weighted by Crippen LogP contribution is 2.22. The minimum Gasteiger partial charge on any atom is -0.497 e. The Hall–Kier alpha value is -2.53. The molecule has 1 amide bonds. The van der Waals surface area contributed by atoms with Crippen LogP contribution in [-0.4, -0.2) is 25.8 Å². The molecule has 23 heavy (non-hydrogen) atoms. The molecule has 0 unspecified atom stereocenters. The van der Waals surface area contributed by atoms with Crippen LogP contribution in [0.4, 0.5) is 5.69 Å². The quantitative estimate of drug-likeness (QED) is 0.631. The third-order valence-corrected chi connectivity index (χ3v) is 3.64. The lowest BCUT2D eigenvalue weighted by Gasteiger charge is -2.09. The van der Waals surface area contributed by atoms with Gasteiger partial charge in [0.2, 0.25) is 0 Å². The molecule has 0 radical (unpaired) electrons. The molecule has 0 saturated carbocycles. The van der Waals surface area contributed by atoms with Gasteiger partial charge < -0.3 is 10.1 Å². The summed E-state index contributed by atoms with van der Waals surface area (Å²) in [7, 11) is 1.61. The van der Waals surface area contributed by atoms with Crippen LogP contribution < -0.4 is 15.5 Å². The van der Waals surface area contributed by atoms with Crippen molar-refractivity contribution in [1.29, 1.82) is 0 Å². The SMILES string of the molecule is COc1ccc(C=NNC(=O)CNc2cccc(Cl)c2C)cc1. The first-order chi connectivity index (χ1) is 11.1. The van der Waals surface area contributed by atoms with Crippen LogP contribution in [0.1, 0.15) is 11.1 Å². The van der Waals surface area contributed by atoms with Crippen LogP contribution in [-0.2, 0) is 4.79 Å². The number of ether oxygens (including phenoxy) is 1. The molecule has 6 heteroatoms. The number of nitrogens with one attached hydrogen (secondary N) is 2. The Morgan fingerprint density at radius 2 is 2.00 bits per heavy atom. The van der Waals surface area contributed by atoms with Gasteiger partial charge in [0, 0.05) is 10.7 Å². The van der Waals surface area contributed by atoms with Gasteiger partial charge in [-0.2, -0.15) is 5.10 Å². The summed E-state index contributed by atoms with van der Waals surface area (Å²) in [6, 6.07) is 12.9. The summed E-state index contributed by atoms with van der Waals surface area (Å²) in [5, 5.41) is 7.61. The van der Waals surface area contributed by atoms with E-state index in [1.807, 2.05) is 43.3 Å². The monoisotopic (exact) mass is 331 g/mol. The number of hydrogen-bond acceptors (Lipinski definition) is 4. The van der Waals surface area contributed by atoms with Crippen molar-refractivity contribution in [2.75, 3.05) is 19.0 Å². The minimum atomic E-state index is -0.242. The lowest BCUT2D eigenvalue weighted by molar-refractivity contribution is -0.119. The fourth-order valence-corrected chi connectivity index (χ4v) is 2.06. The summed E-state index contributed by atoms with van der Waals surface area (Å²) in [5.41, 5.74) is 5.07. The van der Waals surface area contributed by atoms with E-state index in [9.17, 15) is 4.79 Å². The Morgan fingerprint density at radius 1 is 1.26 bits per heavy atom. The number of hydrogen-bond donors (Lipinski definition) is 2. The number of rotatable bonds is 6. The van der Waals surface area contributed by atoms with Crippen LogP contribution in [0.25, 0.3) is 0 Å². The summed E-state index contributed by atoms with van der Waals surface area (Å²) < 4.78 is 5.07. The number of methoxy groups -OCH3 is 1. The van der Waals surface area contributed by atoms with Crippen molar-refractivity contribution in [3.63, 3.8) is 0 Å².